The summed E-state index contributed by atoms with van der Waals surface area (Å²) in [6.45, 7) is 16.2. The van der Waals surface area contributed by atoms with Crippen molar-refractivity contribution in [1.29, 1.82) is 0 Å². The van der Waals surface area contributed by atoms with Gasteiger partial charge < -0.3 is 10.0 Å². The molecule has 0 aliphatic rings. The summed E-state index contributed by atoms with van der Waals surface area (Å²) in [5, 5.41) is 12.7. The lowest BCUT2D eigenvalue weighted by atomic mass is 9.82. The predicted octanol–water partition coefficient (Wildman–Crippen LogP) is 9.27. The largest absolute Gasteiger partial charge is 0.507 e. The van der Waals surface area contributed by atoms with Crippen LogP contribution in [0.15, 0.2) is 91.0 Å². The highest BCUT2D eigenvalue weighted by atomic mass is 31.1. The van der Waals surface area contributed by atoms with Crippen molar-refractivity contribution in [3.05, 3.63) is 119 Å². The summed E-state index contributed by atoms with van der Waals surface area (Å²) in [4.78, 5) is 2.40. The van der Waals surface area contributed by atoms with Crippen LogP contribution in [0, 0.1) is 13.8 Å². The van der Waals surface area contributed by atoms with Crippen LogP contribution in [0.25, 0.3) is 0 Å². The van der Waals surface area contributed by atoms with Crippen molar-refractivity contribution in [2.75, 3.05) is 4.90 Å². The standard InChI is InChI=1S/C35H42NOP/c1-8-35(7,31-23-26(3)22-30(33(31)37)34(4,5)6)38-32-20-19-25(2)21-27(32)24-36(28-15-11-9-12-16-28)29-17-13-10-14-18-29/h9-23,37-38H,8,24H2,1-7H3. The zero-order valence-electron chi connectivity index (χ0n) is 24.0. The number of para-hydroxylation sites is 2. The number of hydrogen-bond donors (Lipinski definition) is 1. The highest BCUT2D eigenvalue weighted by Gasteiger charge is 2.32. The molecule has 0 amide bonds. The van der Waals surface area contributed by atoms with Gasteiger partial charge in [-0.2, -0.15) is 0 Å². The molecule has 0 saturated carbocycles. The maximum atomic E-state index is 11.5. The quantitative estimate of drug-likeness (QED) is 0.233. The van der Waals surface area contributed by atoms with E-state index in [0.29, 0.717) is 14.3 Å². The van der Waals surface area contributed by atoms with Crippen molar-refractivity contribution in [2.24, 2.45) is 0 Å². The summed E-state index contributed by atoms with van der Waals surface area (Å²) < 4.78 is 0. The van der Waals surface area contributed by atoms with E-state index in [1.54, 1.807) is 0 Å². The van der Waals surface area contributed by atoms with E-state index in [1.807, 2.05) is 0 Å². The molecule has 1 N–H and O–H groups in total. The average molecular weight is 524 g/mol. The molecule has 4 rings (SSSR count). The summed E-state index contributed by atoms with van der Waals surface area (Å²) in [5.74, 6) is 0.462. The van der Waals surface area contributed by atoms with Gasteiger partial charge in [-0.25, -0.2) is 0 Å². The molecule has 0 aromatic heterocycles. The van der Waals surface area contributed by atoms with Crippen molar-refractivity contribution in [3.8, 4) is 5.75 Å². The van der Waals surface area contributed by atoms with E-state index in [0.717, 1.165) is 24.1 Å². The van der Waals surface area contributed by atoms with E-state index in [2.05, 4.69) is 144 Å². The molecule has 198 valence electrons. The lowest BCUT2D eigenvalue weighted by Gasteiger charge is -2.34. The molecule has 0 spiro atoms. The van der Waals surface area contributed by atoms with Crippen LogP contribution in [-0.2, 0) is 17.1 Å². The maximum absolute atomic E-state index is 11.5. The highest BCUT2D eigenvalue weighted by molar-refractivity contribution is 7.48. The minimum absolute atomic E-state index is 0.122. The van der Waals surface area contributed by atoms with Gasteiger partial charge in [0, 0.05) is 28.6 Å². The molecule has 0 saturated heterocycles. The first-order chi connectivity index (χ1) is 18.0. The Morgan fingerprint density at radius 3 is 1.79 bits per heavy atom. The Balaban J connectivity index is 1.78. The molecular formula is C35H42NOP. The van der Waals surface area contributed by atoms with Crippen LogP contribution in [0.4, 0.5) is 11.4 Å². The third-order valence-electron chi connectivity index (χ3n) is 7.50. The van der Waals surface area contributed by atoms with Gasteiger partial charge in [-0.05, 0) is 66.4 Å². The average Bonchev–Trinajstić information content (AvgIpc) is 2.90. The Hall–Kier alpha value is -3.09. The number of phenols is 1. The molecule has 0 aliphatic carbocycles. The van der Waals surface area contributed by atoms with Gasteiger partial charge in [-0.15, -0.1) is 0 Å². The van der Waals surface area contributed by atoms with E-state index in [1.165, 1.54) is 33.4 Å². The van der Waals surface area contributed by atoms with E-state index in [9.17, 15) is 5.11 Å². The molecule has 0 heterocycles. The number of rotatable bonds is 8. The Bertz CT molecular complexity index is 1340. The maximum Gasteiger partial charge on any atom is 0.123 e. The summed E-state index contributed by atoms with van der Waals surface area (Å²) >= 11 is 0. The molecule has 4 aromatic rings. The summed E-state index contributed by atoms with van der Waals surface area (Å²) in [6, 6.07) is 32.5. The smallest absolute Gasteiger partial charge is 0.123 e. The van der Waals surface area contributed by atoms with Crippen LogP contribution >= 0.6 is 8.58 Å². The molecule has 0 fully saturated rings. The van der Waals surface area contributed by atoms with E-state index in [4.69, 9.17) is 0 Å². The zero-order chi connectivity index (χ0) is 27.5. The minimum Gasteiger partial charge on any atom is -0.507 e. The second-order valence-electron chi connectivity index (χ2n) is 11.7. The summed E-state index contributed by atoms with van der Waals surface area (Å²) in [5.41, 5.74) is 8.13. The van der Waals surface area contributed by atoms with Gasteiger partial charge in [0.1, 0.15) is 5.75 Å². The summed E-state index contributed by atoms with van der Waals surface area (Å²) in [6.07, 6.45) is 0.945. The van der Waals surface area contributed by atoms with Crippen molar-refractivity contribution in [3.63, 3.8) is 0 Å². The van der Waals surface area contributed by atoms with Crippen LogP contribution < -0.4 is 10.2 Å². The third-order valence-corrected chi connectivity index (χ3v) is 9.43. The van der Waals surface area contributed by atoms with Crippen LogP contribution in [-0.4, -0.2) is 5.11 Å². The first-order valence-electron chi connectivity index (χ1n) is 13.6. The van der Waals surface area contributed by atoms with Crippen molar-refractivity contribution < 1.29 is 5.11 Å². The fraction of sp³-hybridized carbons (Fsp3) is 0.314. The molecule has 2 nitrogen and oxygen atoms in total. The van der Waals surface area contributed by atoms with Crippen LogP contribution in [0.2, 0.25) is 0 Å². The number of aromatic hydroxyl groups is 1. The van der Waals surface area contributed by atoms with Gasteiger partial charge in [-0.1, -0.05) is 121 Å². The van der Waals surface area contributed by atoms with E-state index in [-0.39, 0.29) is 10.6 Å². The molecule has 0 bridgehead atoms. The monoisotopic (exact) mass is 523 g/mol. The first-order valence-corrected chi connectivity index (χ1v) is 14.6. The number of phenolic OH excluding ortho intramolecular Hbond substituents is 1. The molecule has 2 atom stereocenters. The van der Waals surface area contributed by atoms with Gasteiger partial charge in [0.05, 0.1) is 0 Å². The topological polar surface area (TPSA) is 23.5 Å². The Morgan fingerprint density at radius 1 is 0.711 bits per heavy atom. The van der Waals surface area contributed by atoms with Crippen LogP contribution in [0.5, 0.6) is 5.75 Å². The highest BCUT2D eigenvalue weighted by Crippen LogP contribution is 2.50. The Morgan fingerprint density at radius 2 is 1.26 bits per heavy atom. The van der Waals surface area contributed by atoms with Gasteiger partial charge in [0.25, 0.3) is 0 Å². The predicted molar refractivity (Wildman–Crippen MR) is 167 cm³/mol. The first kappa shape index (κ1) is 27.9. The van der Waals surface area contributed by atoms with Crippen LogP contribution in [0.1, 0.15) is 68.9 Å². The van der Waals surface area contributed by atoms with Crippen molar-refractivity contribution >= 4 is 25.3 Å². The van der Waals surface area contributed by atoms with Gasteiger partial charge >= 0.3 is 0 Å². The molecule has 38 heavy (non-hydrogen) atoms. The lowest BCUT2D eigenvalue weighted by Crippen LogP contribution is -2.25. The second kappa shape index (κ2) is 11.3. The number of nitrogens with zero attached hydrogens (tertiary/aromatic N) is 1. The van der Waals surface area contributed by atoms with Crippen molar-refractivity contribution in [2.45, 2.75) is 72.0 Å². The fourth-order valence-corrected chi connectivity index (χ4v) is 6.68. The Labute approximate surface area is 231 Å². The van der Waals surface area contributed by atoms with Crippen molar-refractivity contribution in [1.82, 2.24) is 0 Å². The minimum atomic E-state index is -0.176. The SMILES string of the molecule is CCC(C)(Pc1ccc(C)cc1CN(c1ccccc1)c1ccccc1)c1cc(C)cc(C(C)(C)C)c1O. The number of aryl methyl sites for hydroxylation is 2. The van der Waals surface area contributed by atoms with E-state index < -0.39 is 0 Å². The normalized spacial score (nSPS) is 13.6. The molecule has 0 aliphatic heterocycles. The van der Waals surface area contributed by atoms with Gasteiger partial charge in [-0.3, -0.25) is 0 Å². The number of benzene rings is 4. The molecule has 0 radical (unpaired) electrons. The molecule has 4 aromatic carbocycles. The van der Waals surface area contributed by atoms with Gasteiger partial charge in [0.2, 0.25) is 0 Å². The fourth-order valence-electron chi connectivity index (χ4n) is 5.11. The number of hydrogen-bond acceptors (Lipinski definition) is 2. The zero-order valence-corrected chi connectivity index (χ0v) is 25.0. The van der Waals surface area contributed by atoms with Crippen LogP contribution in [0.3, 0.4) is 0 Å². The molecule has 3 heteroatoms. The summed E-state index contributed by atoms with van der Waals surface area (Å²) in [7, 11) is 0.522. The van der Waals surface area contributed by atoms with Gasteiger partial charge in [0.15, 0.2) is 0 Å². The molecular weight excluding hydrogens is 481 g/mol. The lowest BCUT2D eigenvalue weighted by molar-refractivity contribution is 0.430. The van der Waals surface area contributed by atoms with E-state index >= 15 is 0 Å². The molecule has 2 unspecified atom stereocenters. The number of anilines is 2. The second-order valence-corrected chi connectivity index (χ2v) is 13.6. The third kappa shape index (κ3) is 6.13. The Kier molecular flexibility index (Phi) is 8.34.